The van der Waals surface area contributed by atoms with Gasteiger partial charge in [0.05, 0.1) is 35.7 Å². The van der Waals surface area contributed by atoms with Gasteiger partial charge in [0.15, 0.2) is 0 Å². The molecule has 1 saturated heterocycles. The lowest BCUT2D eigenvalue weighted by molar-refractivity contribution is 0.0461. The number of hydrogen-bond donors (Lipinski definition) is 0. The first-order valence-corrected chi connectivity index (χ1v) is 10.9. The van der Waals surface area contributed by atoms with Gasteiger partial charge in [0, 0.05) is 6.54 Å². The number of imidazole rings is 1. The second-order valence-corrected chi connectivity index (χ2v) is 8.08. The Bertz CT molecular complexity index is 1070. The van der Waals surface area contributed by atoms with Gasteiger partial charge in [-0.1, -0.05) is 26.0 Å². The molecule has 0 bridgehead atoms. The Kier molecular flexibility index (Phi) is 6.16. The molecule has 3 aromatic rings. The minimum Gasteiger partial charge on any atom is -0.438 e. The van der Waals surface area contributed by atoms with Gasteiger partial charge in [-0.3, -0.25) is 14.3 Å². The Morgan fingerprint density at radius 3 is 2.65 bits per heavy atom. The highest BCUT2D eigenvalue weighted by Gasteiger charge is 2.42. The summed E-state index contributed by atoms with van der Waals surface area (Å²) in [6.45, 7) is 7.99. The van der Waals surface area contributed by atoms with Crippen LogP contribution in [0.15, 0.2) is 41.2 Å². The molecule has 1 fully saturated rings. The van der Waals surface area contributed by atoms with E-state index in [1.807, 2.05) is 39.9 Å². The fraction of sp³-hybridized carbons (Fsp3) is 0.435. The van der Waals surface area contributed by atoms with E-state index in [1.54, 1.807) is 6.33 Å². The molecule has 31 heavy (non-hydrogen) atoms. The summed E-state index contributed by atoms with van der Waals surface area (Å²) < 4.78 is 8.19. The number of aromatic nitrogens is 3. The predicted molar refractivity (Wildman–Crippen MR) is 121 cm³/mol. The van der Waals surface area contributed by atoms with Gasteiger partial charge in [0.2, 0.25) is 5.89 Å². The first-order chi connectivity index (χ1) is 14.7. The molecule has 0 spiro atoms. The van der Waals surface area contributed by atoms with Crippen LogP contribution in [0.3, 0.4) is 0 Å². The highest BCUT2D eigenvalue weighted by Crippen LogP contribution is 2.43. The lowest BCUT2D eigenvalue weighted by Crippen LogP contribution is -2.44. The molecule has 0 unspecified atom stereocenters. The van der Waals surface area contributed by atoms with Gasteiger partial charge < -0.3 is 9.32 Å². The number of amides is 1. The Hall–Kier alpha value is -2.64. The number of rotatable bonds is 7. The van der Waals surface area contributed by atoms with Crippen molar-refractivity contribution in [3.63, 3.8) is 0 Å². The second kappa shape index (κ2) is 8.85. The molecule has 0 N–H and O–H groups in total. The number of oxazole rings is 1. The van der Waals surface area contributed by atoms with Crippen LogP contribution in [0, 0.1) is 0 Å². The molecule has 4 heterocycles. The Labute approximate surface area is 188 Å². The summed E-state index contributed by atoms with van der Waals surface area (Å²) in [5.41, 5.74) is 3.31. The van der Waals surface area contributed by atoms with Crippen LogP contribution in [0.25, 0.3) is 17.3 Å². The van der Waals surface area contributed by atoms with Crippen LogP contribution in [0.4, 0.5) is 0 Å². The van der Waals surface area contributed by atoms with Crippen molar-refractivity contribution in [2.24, 2.45) is 0 Å². The molecule has 0 aliphatic carbocycles. The Balaban J connectivity index is 0.00000231. The summed E-state index contributed by atoms with van der Waals surface area (Å²) in [5.74, 6) is 1.47. The van der Waals surface area contributed by atoms with E-state index >= 15 is 0 Å². The monoisotopic (exact) mass is 441 g/mol. The number of carbonyl (C=O) groups excluding carboxylic acids is 1. The van der Waals surface area contributed by atoms with Gasteiger partial charge in [0.25, 0.3) is 5.91 Å². The molecule has 0 saturated carbocycles. The number of para-hydroxylation sites is 1. The van der Waals surface area contributed by atoms with Crippen LogP contribution in [0.1, 0.15) is 61.0 Å². The summed E-state index contributed by atoms with van der Waals surface area (Å²) in [6, 6.07) is 7.74. The van der Waals surface area contributed by atoms with E-state index in [1.165, 1.54) is 0 Å². The van der Waals surface area contributed by atoms with Crippen molar-refractivity contribution in [3.8, 4) is 17.3 Å². The smallest absolute Gasteiger partial charge is 0.256 e. The maximum atomic E-state index is 13.0. The summed E-state index contributed by atoms with van der Waals surface area (Å²) in [7, 11) is 0. The first-order valence-electron chi connectivity index (χ1n) is 10.9. The molecule has 164 valence electrons. The number of hydrogen-bond acceptors (Lipinski definition) is 5. The van der Waals surface area contributed by atoms with Crippen molar-refractivity contribution in [2.45, 2.75) is 45.7 Å². The predicted octanol–water partition coefficient (Wildman–Crippen LogP) is 4.47. The fourth-order valence-corrected chi connectivity index (χ4v) is 4.58. The minimum absolute atomic E-state index is 0. The maximum Gasteiger partial charge on any atom is 0.256 e. The van der Waals surface area contributed by atoms with E-state index in [0.29, 0.717) is 11.5 Å². The van der Waals surface area contributed by atoms with E-state index in [4.69, 9.17) is 4.42 Å². The zero-order valence-corrected chi connectivity index (χ0v) is 18.8. The van der Waals surface area contributed by atoms with Gasteiger partial charge in [-0.2, -0.15) is 0 Å². The molecule has 1 atom stereocenters. The minimum atomic E-state index is 0. The third kappa shape index (κ3) is 3.66. The number of nitrogens with zero attached hydrogens (tertiary/aromatic N) is 5. The van der Waals surface area contributed by atoms with Crippen LogP contribution in [-0.4, -0.2) is 49.9 Å². The SMILES string of the molecule is CCCN(CCC)Cc1cnc(-c2ncn3c2[C@@H]2CCN2C(=O)c2ccccc2-3)o1.Cl. The van der Waals surface area contributed by atoms with Crippen molar-refractivity contribution in [1.29, 1.82) is 0 Å². The highest BCUT2D eigenvalue weighted by atomic mass is 35.5. The lowest BCUT2D eigenvalue weighted by Gasteiger charge is -2.39. The van der Waals surface area contributed by atoms with E-state index < -0.39 is 0 Å². The zero-order valence-electron chi connectivity index (χ0n) is 18.0. The summed E-state index contributed by atoms with van der Waals surface area (Å²) in [5, 5.41) is 0. The van der Waals surface area contributed by atoms with Crippen molar-refractivity contribution in [1.82, 2.24) is 24.3 Å². The summed E-state index contributed by atoms with van der Waals surface area (Å²) >= 11 is 0. The quantitative estimate of drug-likeness (QED) is 0.541. The van der Waals surface area contributed by atoms with Crippen molar-refractivity contribution in [2.75, 3.05) is 19.6 Å². The molecule has 1 aromatic carbocycles. The largest absolute Gasteiger partial charge is 0.438 e. The van der Waals surface area contributed by atoms with Crippen molar-refractivity contribution < 1.29 is 9.21 Å². The standard InChI is InChI=1S/C23H27N5O2.ClH/c1-3-10-26(11-4-2)14-16-13-24-22(30-16)20-21-19-9-12-27(19)23(29)17-7-5-6-8-18(17)28(21)15-25-20;/h5-8,13,15,19H,3-4,9-12,14H2,1-2H3;1H/t19-;/m0./s1. The number of benzene rings is 1. The molecule has 8 heteroatoms. The third-order valence-corrected chi connectivity index (χ3v) is 6.01. The van der Waals surface area contributed by atoms with Crippen LogP contribution in [0.2, 0.25) is 0 Å². The van der Waals surface area contributed by atoms with Gasteiger partial charge in [-0.15, -0.1) is 12.4 Å². The molecule has 5 rings (SSSR count). The lowest BCUT2D eigenvalue weighted by atomic mass is 9.97. The summed E-state index contributed by atoms with van der Waals surface area (Å²) in [4.78, 5) is 26.6. The van der Waals surface area contributed by atoms with E-state index in [-0.39, 0.29) is 24.4 Å². The Morgan fingerprint density at radius 1 is 1.16 bits per heavy atom. The first kappa shape index (κ1) is 21.6. The number of halogens is 1. The summed E-state index contributed by atoms with van der Waals surface area (Å²) in [6.07, 6.45) is 6.75. The van der Waals surface area contributed by atoms with Gasteiger partial charge in [-0.25, -0.2) is 9.97 Å². The van der Waals surface area contributed by atoms with Crippen LogP contribution in [0.5, 0.6) is 0 Å². The van der Waals surface area contributed by atoms with Gasteiger partial charge in [-0.05, 0) is 44.5 Å². The maximum absolute atomic E-state index is 13.0. The topological polar surface area (TPSA) is 67.4 Å². The van der Waals surface area contributed by atoms with Crippen LogP contribution < -0.4 is 0 Å². The fourth-order valence-electron chi connectivity index (χ4n) is 4.58. The van der Waals surface area contributed by atoms with Gasteiger partial charge in [0.1, 0.15) is 17.8 Å². The average molecular weight is 442 g/mol. The molecular weight excluding hydrogens is 414 g/mol. The third-order valence-electron chi connectivity index (χ3n) is 6.01. The Morgan fingerprint density at radius 2 is 1.94 bits per heavy atom. The van der Waals surface area contributed by atoms with E-state index in [9.17, 15) is 4.79 Å². The highest BCUT2D eigenvalue weighted by molar-refractivity contribution is 5.99. The van der Waals surface area contributed by atoms with E-state index in [2.05, 4.69) is 28.7 Å². The molecule has 1 amide bonds. The molecular formula is C23H28ClN5O2. The zero-order chi connectivity index (χ0) is 20.7. The van der Waals surface area contributed by atoms with Crippen LogP contribution >= 0.6 is 12.4 Å². The molecule has 2 aliphatic heterocycles. The molecule has 2 aliphatic rings. The van der Waals surface area contributed by atoms with Crippen LogP contribution in [-0.2, 0) is 6.54 Å². The molecule has 2 aromatic heterocycles. The second-order valence-electron chi connectivity index (χ2n) is 8.08. The normalized spacial score (nSPS) is 16.8. The van der Waals surface area contributed by atoms with Crippen molar-refractivity contribution >= 4 is 18.3 Å². The van der Waals surface area contributed by atoms with Gasteiger partial charge >= 0.3 is 0 Å². The molecule has 0 radical (unpaired) electrons. The molecule has 7 nitrogen and oxygen atoms in total. The number of carbonyl (C=O) groups is 1. The van der Waals surface area contributed by atoms with Crippen molar-refractivity contribution in [3.05, 3.63) is 53.8 Å². The van der Waals surface area contributed by atoms with E-state index in [0.717, 1.165) is 68.3 Å². The number of fused-ring (bicyclic) bond motifs is 5. The average Bonchev–Trinajstić information content (AvgIpc) is 3.33.